The highest BCUT2D eigenvalue weighted by atomic mass is 16.6. The van der Waals surface area contributed by atoms with Crippen molar-refractivity contribution >= 4 is 17.9 Å². The number of carbonyl (C=O) groups excluding carboxylic acids is 3. The van der Waals surface area contributed by atoms with Crippen LogP contribution in [0.2, 0.25) is 0 Å². The molecule has 0 aromatic heterocycles. The Hall–Kier alpha value is -1.63. The second kappa shape index (κ2) is 16.4. The first-order valence-corrected chi connectivity index (χ1v) is 14.4. The van der Waals surface area contributed by atoms with E-state index >= 15 is 0 Å². The molecule has 0 rings (SSSR count). The topological polar surface area (TPSA) is 99.1 Å². The maximum absolute atomic E-state index is 13.2. The number of hydrogen-bond acceptors (Lipinski definition) is 7. The molecule has 1 N–H and O–H groups in total. The molecular weight excluding hydrogens is 472 g/mol. The van der Waals surface area contributed by atoms with Gasteiger partial charge in [0.05, 0.1) is 12.8 Å². The van der Waals surface area contributed by atoms with Crippen molar-refractivity contribution in [3.63, 3.8) is 0 Å². The molecule has 0 saturated heterocycles. The van der Waals surface area contributed by atoms with E-state index in [4.69, 9.17) is 14.2 Å². The van der Waals surface area contributed by atoms with E-state index in [-0.39, 0.29) is 0 Å². The molecule has 0 fully saturated rings. The number of aliphatic hydroxyl groups is 1. The van der Waals surface area contributed by atoms with Gasteiger partial charge in [-0.2, -0.15) is 0 Å². The van der Waals surface area contributed by atoms with Crippen LogP contribution >= 0.6 is 0 Å². The third kappa shape index (κ3) is 16.0. The highest BCUT2D eigenvalue weighted by molar-refractivity contribution is 5.90. The van der Waals surface area contributed by atoms with E-state index < -0.39 is 53.2 Å². The summed E-state index contributed by atoms with van der Waals surface area (Å²) in [4.78, 5) is 39.0. The van der Waals surface area contributed by atoms with Crippen molar-refractivity contribution in [1.82, 2.24) is 0 Å². The van der Waals surface area contributed by atoms with Gasteiger partial charge in [-0.25, -0.2) is 4.79 Å². The summed E-state index contributed by atoms with van der Waals surface area (Å²) in [6.07, 6.45) is 9.35. The number of rotatable bonds is 20. The molecule has 0 aliphatic rings. The molecule has 37 heavy (non-hydrogen) atoms. The van der Waals surface area contributed by atoms with Crippen molar-refractivity contribution < 1.29 is 33.7 Å². The molecule has 218 valence electrons. The molecule has 0 aromatic carbocycles. The van der Waals surface area contributed by atoms with Crippen molar-refractivity contribution in [2.45, 2.75) is 175 Å². The van der Waals surface area contributed by atoms with Crippen LogP contribution in [0.4, 0.5) is 0 Å². The molecular formula is C30H56O7. The summed E-state index contributed by atoms with van der Waals surface area (Å²) in [6, 6.07) is 0. The molecule has 0 spiro atoms. The number of carbonyl (C=O) groups is 3. The number of ether oxygens (including phenoxy) is 3. The zero-order valence-electron chi connectivity index (χ0n) is 25.3. The quantitative estimate of drug-likeness (QED) is 0.101. The van der Waals surface area contributed by atoms with Gasteiger partial charge in [0, 0.05) is 0 Å². The number of unbranched alkanes of at least 4 members (excludes halogenated alkanes) is 6. The highest BCUT2D eigenvalue weighted by Crippen LogP contribution is 2.29. The van der Waals surface area contributed by atoms with Crippen molar-refractivity contribution in [3.8, 4) is 0 Å². The Morgan fingerprint density at radius 1 is 0.541 bits per heavy atom. The molecule has 0 aromatic rings. The predicted octanol–water partition coefficient (Wildman–Crippen LogP) is 7.20. The second-order valence-corrected chi connectivity index (χ2v) is 12.4. The fourth-order valence-electron chi connectivity index (χ4n) is 4.27. The summed E-state index contributed by atoms with van der Waals surface area (Å²) >= 11 is 0. The van der Waals surface area contributed by atoms with Gasteiger partial charge in [0.15, 0.2) is 5.60 Å². The summed E-state index contributed by atoms with van der Waals surface area (Å²) < 4.78 is 16.9. The van der Waals surface area contributed by atoms with Crippen molar-refractivity contribution in [2.75, 3.05) is 0 Å². The van der Waals surface area contributed by atoms with Gasteiger partial charge in [-0.3, -0.25) is 9.59 Å². The Balaban J connectivity index is 5.60. The average Bonchev–Trinajstić information content (AvgIpc) is 2.72. The van der Waals surface area contributed by atoms with Gasteiger partial charge in [0.1, 0.15) is 16.8 Å². The standard InChI is InChI=1S/C30H56O7/c1-10-13-16-19-27(4,5)35-24(31)22-30(34,26(33)37-29(8,9)21-18-15-12-3)23-25(32)36-28(6,7)20-17-14-11-2/h34H,10-23H2,1-9H3. The van der Waals surface area contributed by atoms with Gasteiger partial charge >= 0.3 is 17.9 Å². The van der Waals surface area contributed by atoms with Crippen LogP contribution in [0.15, 0.2) is 0 Å². The summed E-state index contributed by atoms with van der Waals surface area (Å²) in [5.41, 5.74) is -4.74. The minimum Gasteiger partial charge on any atom is -0.460 e. The average molecular weight is 529 g/mol. The summed E-state index contributed by atoms with van der Waals surface area (Å²) in [5, 5.41) is 11.4. The first kappa shape index (κ1) is 35.4. The molecule has 0 bridgehead atoms. The monoisotopic (exact) mass is 528 g/mol. The van der Waals surface area contributed by atoms with Gasteiger partial charge in [-0.05, 0) is 80.1 Å². The summed E-state index contributed by atoms with van der Waals surface area (Å²) in [5.74, 6) is -2.50. The maximum Gasteiger partial charge on any atom is 0.339 e. The molecule has 0 amide bonds. The Kier molecular flexibility index (Phi) is 15.6. The predicted molar refractivity (Wildman–Crippen MR) is 147 cm³/mol. The molecule has 0 atom stereocenters. The Labute approximate surface area is 226 Å². The van der Waals surface area contributed by atoms with Crippen LogP contribution in [-0.4, -0.2) is 45.4 Å². The van der Waals surface area contributed by atoms with Crippen LogP contribution in [0.3, 0.4) is 0 Å². The molecule has 0 aliphatic heterocycles. The fraction of sp³-hybridized carbons (Fsp3) is 0.900. The lowest BCUT2D eigenvalue weighted by atomic mass is 9.93. The van der Waals surface area contributed by atoms with Crippen LogP contribution < -0.4 is 0 Å². The molecule has 0 unspecified atom stereocenters. The molecule has 0 saturated carbocycles. The minimum atomic E-state index is -2.38. The van der Waals surface area contributed by atoms with E-state index in [9.17, 15) is 19.5 Å². The van der Waals surface area contributed by atoms with Gasteiger partial charge in [-0.1, -0.05) is 59.3 Å². The smallest absolute Gasteiger partial charge is 0.339 e. The fourth-order valence-corrected chi connectivity index (χ4v) is 4.27. The van der Waals surface area contributed by atoms with Gasteiger partial charge in [0.2, 0.25) is 0 Å². The lowest BCUT2D eigenvalue weighted by molar-refractivity contribution is -0.192. The zero-order valence-corrected chi connectivity index (χ0v) is 25.3. The van der Waals surface area contributed by atoms with E-state index in [1.54, 1.807) is 13.8 Å². The zero-order chi connectivity index (χ0) is 28.8. The van der Waals surface area contributed by atoms with E-state index in [1.165, 1.54) is 0 Å². The molecule has 7 heteroatoms. The van der Waals surface area contributed by atoms with Gasteiger partial charge in [0.25, 0.3) is 0 Å². The van der Waals surface area contributed by atoms with Crippen molar-refractivity contribution in [2.24, 2.45) is 0 Å². The first-order valence-electron chi connectivity index (χ1n) is 14.4. The van der Waals surface area contributed by atoms with Crippen LogP contribution in [-0.2, 0) is 28.6 Å². The number of esters is 3. The first-order chi connectivity index (χ1) is 17.0. The van der Waals surface area contributed by atoms with Crippen molar-refractivity contribution in [1.29, 1.82) is 0 Å². The van der Waals surface area contributed by atoms with E-state index in [2.05, 4.69) is 20.8 Å². The lowest BCUT2D eigenvalue weighted by Gasteiger charge is -2.33. The van der Waals surface area contributed by atoms with Crippen molar-refractivity contribution in [3.05, 3.63) is 0 Å². The van der Waals surface area contributed by atoms with Crippen LogP contribution in [0.25, 0.3) is 0 Å². The number of hydrogen-bond donors (Lipinski definition) is 1. The second-order valence-electron chi connectivity index (χ2n) is 12.4. The van der Waals surface area contributed by atoms with Crippen LogP contribution in [0, 0.1) is 0 Å². The normalized spacial score (nSPS) is 12.8. The van der Waals surface area contributed by atoms with Crippen LogP contribution in [0.1, 0.15) is 152 Å². The minimum absolute atomic E-state index is 0.604. The maximum atomic E-state index is 13.2. The largest absolute Gasteiger partial charge is 0.460 e. The lowest BCUT2D eigenvalue weighted by Crippen LogP contribution is -2.49. The van der Waals surface area contributed by atoms with E-state index in [0.717, 1.165) is 57.8 Å². The summed E-state index contributed by atoms with van der Waals surface area (Å²) in [6.45, 7) is 17.0. The van der Waals surface area contributed by atoms with E-state index in [1.807, 2.05) is 27.7 Å². The Morgan fingerprint density at radius 3 is 1.14 bits per heavy atom. The molecule has 7 nitrogen and oxygen atoms in total. The summed E-state index contributed by atoms with van der Waals surface area (Å²) in [7, 11) is 0. The Bertz CT molecular complexity index is 656. The third-order valence-electron chi connectivity index (χ3n) is 6.55. The van der Waals surface area contributed by atoms with Crippen LogP contribution in [0.5, 0.6) is 0 Å². The molecule has 0 aliphatic carbocycles. The molecule has 0 radical (unpaired) electrons. The van der Waals surface area contributed by atoms with E-state index in [0.29, 0.717) is 19.3 Å². The Morgan fingerprint density at radius 2 is 0.838 bits per heavy atom. The third-order valence-corrected chi connectivity index (χ3v) is 6.55. The highest BCUT2D eigenvalue weighted by Gasteiger charge is 2.46. The molecule has 0 heterocycles. The van der Waals surface area contributed by atoms with Gasteiger partial charge in [-0.15, -0.1) is 0 Å². The van der Waals surface area contributed by atoms with Gasteiger partial charge < -0.3 is 19.3 Å². The SMILES string of the molecule is CCCCCC(C)(C)OC(=O)CC(O)(CC(=O)OC(C)(C)CCCCC)C(=O)OC(C)(C)CCCCC.